The van der Waals surface area contributed by atoms with Crippen molar-refractivity contribution in [2.75, 3.05) is 13.1 Å². The zero-order chi connectivity index (χ0) is 26.0. The van der Waals surface area contributed by atoms with E-state index in [1.165, 1.54) is 33.4 Å². The quantitative estimate of drug-likeness (QED) is 0.263. The predicted molar refractivity (Wildman–Crippen MR) is 148 cm³/mol. The molecule has 3 nitrogen and oxygen atoms in total. The zero-order valence-corrected chi connectivity index (χ0v) is 26.1. The third kappa shape index (κ3) is 8.88. The summed E-state index contributed by atoms with van der Waals surface area (Å²) in [5, 5.41) is 4.88. The predicted octanol–water partition coefficient (Wildman–Crippen LogP) is 8.63. The van der Waals surface area contributed by atoms with Gasteiger partial charge in [0.1, 0.15) is 0 Å². The van der Waals surface area contributed by atoms with Crippen LogP contribution in [-0.2, 0) is 15.4 Å². The van der Waals surface area contributed by atoms with Crippen molar-refractivity contribution in [2.24, 2.45) is 11.5 Å². The fourth-order valence-corrected chi connectivity index (χ4v) is 4.61. The van der Waals surface area contributed by atoms with Crippen LogP contribution in [0.4, 0.5) is 0 Å². The Kier molecular flexibility index (Phi) is 14.5. The Morgan fingerprint density at radius 2 is 0.853 bits per heavy atom. The molecule has 0 heterocycles. The van der Waals surface area contributed by atoms with E-state index >= 15 is 0 Å². The van der Waals surface area contributed by atoms with E-state index in [2.05, 4.69) is 91.8 Å². The van der Waals surface area contributed by atoms with Gasteiger partial charge in [-0.3, -0.25) is 0 Å². The third-order valence-electron chi connectivity index (χ3n) is 6.23. The standard InChI is InChI=1S/C28H44N3.2ClH.Os/c1-17(2)21-11-9-12-22(18(3)4)27(21)25(29)15-31-16-26(30)28-23(19(5)6)13-10-14-24(28)20(7)8;;;/h9-14,17-20,25-26H,15-16,29-30H2,1-8H3;2*1H;/q-1;;;+2/p-2. The Hall–Kier alpha value is -0.464. The van der Waals surface area contributed by atoms with Gasteiger partial charge in [0.25, 0.3) is 0 Å². The molecule has 0 fully saturated rings. The molecular formula is C28H44Cl2N3Os-. The molecule has 2 unspecified atom stereocenters. The van der Waals surface area contributed by atoms with Gasteiger partial charge < -0.3 is 16.8 Å². The SMILES string of the molecule is CC(C)c1cccc(C(C)C)c1C(N)C[N-]CC(N)c1c(C(C)C)cccc1C(C)C.[Cl][Os][Cl]. The molecule has 194 valence electrons. The summed E-state index contributed by atoms with van der Waals surface area (Å²) >= 11 is -0.639. The van der Waals surface area contributed by atoms with Gasteiger partial charge in [0.2, 0.25) is 0 Å². The molecule has 2 rings (SSSR count). The van der Waals surface area contributed by atoms with Crippen LogP contribution in [0.25, 0.3) is 5.32 Å². The van der Waals surface area contributed by atoms with Crippen molar-refractivity contribution in [1.29, 1.82) is 0 Å². The van der Waals surface area contributed by atoms with Crippen LogP contribution >= 0.6 is 19.3 Å². The first-order valence-corrected chi connectivity index (χ1v) is 18.5. The van der Waals surface area contributed by atoms with E-state index in [4.69, 9.17) is 36.1 Å². The molecule has 2 atom stereocenters. The van der Waals surface area contributed by atoms with Crippen molar-refractivity contribution in [3.63, 3.8) is 0 Å². The molecule has 0 aliphatic carbocycles. The zero-order valence-electron chi connectivity index (χ0n) is 22.1. The van der Waals surface area contributed by atoms with Gasteiger partial charge in [-0.1, -0.05) is 91.8 Å². The molecule has 4 N–H and O–H groups in total. The van der Waals surface area contributed by atoms with Gasteiger partial charge in [0.05, 0.1) is 0 Å². The van der Waals surface area contributed by atoms with Crippen LogP contribution in [0.3, 0.4) is 0 Å². The molecule has 0 spiro atoms. The number of hydrogen-bond donors (Lipinski definition) is 2. The average Bonchev–Trinajstić information content (AvgIpc) is 2.78. The number of nitrogens with zero attached hydrogens (tertiary/aromatic N) is 1. The first kappa shape index (κ1) is 31.6. The number of rotatable bonds is 10. The monoisotopic (exact) mass is 684 g/mol. The topological polar surface area (TPSA) is 66.1 Å². The molecule has 0 aromatic heterocycles. The molecule has 0 saturated heterocycles. The van der Waals surface area contributed by atoms with E-state index in [1.54, 1.807) is 0 Å². The molecule has 0 amide bonds. The maximum absolute atomic E-state index is 6.72. The van der Waals surface area contributed by atoms with Gasteiger partial charge in [-0.15, -0.1) is 13.1 Å². The van der Waals surface area contributed by atoms with Crippen molar-refractivity contribution in [3.05, 3.63) is 75.1 Å². The second kappa shape index (κ2) is 15.6. The van der Waals surface area contributed by atoms with Gasteiger partial charge in [0, 0.05) is 12.1 Å². The first-order chi connectivity index (χ1) is 16.0. The van der Waals surface area contributed by atoms with Crippen molar-refractivity contribution in [1.82, 2.24) is 0 Å². The normalized spacial score (nSPS) is 13.5. The van der Waals surface area contributed by atoms with Gasteiger partial charge >= 0.3 is 34.7 Å². The van der Waals surface area contributed by atoms with Crippen LogP contribution in [0.2, 0.25) is 0 Å². The first-order valence-electron chi connectivity index (χ1n) is 12.2. The van der Waals surface area contributed by atoms with Crippen LogP contribution < -0.4 is 11.5 Å². The van der Waals surface area contributed by atoms with Crippen molar-refractivity contribution in [2.45, 2.75) is 91.1 Å². The van der Waals surface area contributed by atoms with Crippen LogP contribution in [-0.4, -0.2) is 13.1 Å². The van der Waals surface area contributed by atoms with E-state index in [-0.39, 0.29) is 12.1 Å². The maximum atomic E-state index is 6.72. The van der Waals surface area contributed by atoms with Gasteiger partial charge in [-0.2, -0.15) is 0 Å². The summed E-state index contributed by atoms with van der Waals surface area (Å²) in [7, 11) is 9.81. The average molecular weight is 684 g/mol. The number of nitrogens with two attached hydrogens (primary N) is 2. The second-order valence-electron chi connectivity index (χ2n) is 10.2. The molecule has 34 heavy (non-hydrogen) atoms. The molecule has 2 aromatic carbocycles. The van der Waals surface area contributed by atoms with Crippen LogP contribution in [0, 0.1) is 0 Å². The molecule has 0 aliphatic heterocycles. The Balaban J connectivity index is 0.00000182. The summed E-state index contributed by atoms with van der Waals surface area (Å²) in [6.45, 7) is 19.1. The van der Waals surface area contributed by atoms with Crippen LogP contribution in [0.5, 0.6) is 0 Å². The summed E-state index contributed by atoms with van der Waals surface area (Å²) in [6, 6.07) is 13.0. The van der Waals surface area contributed by atoms with E-state index in [9.17, 15) is 0 Å². The molecular weight excluding hydrogens is 639 g/mol. The Bertz CT molecular complexity index is 747. The minimum atomic E-state index is -0.639. The van der Waals surface area contributed by atoms with Gasteiger partial charge in [-0.05, 0) is 57.1 Å². The van der Waals surface area contributed by atoms with Gasteiger partial charge in [0.15, 0.2) is 0 Å². The van der Waals surface area contributed by atoms with E-state index in [0.29, 0.717) is 36.8 Å². The number of halogens is 2. The van der Waals surface area contributed by atoms with Crippen molar-refractivity contribution >= 4 is 19.3 Å². The summed E-state index contributed by atoms with van der Waals surface area (Å²) in [5.74, 6) is 1.75. The molecule has 2 aromatic rings. The summed E-state index contributed by atoms with van der Waals surface area (Å²) in [6.07, 6.45) is 0. The fraction of sp³-hybridized carbons (Fsp3) is 0.571. The van der Waals surface area contributed by atoms with Crippen molar-refractivity contribution < 1.29 is 15.4 Å². The van der Waals surface area contributed by atoms with E-state index < -0.39 is 15.4 Å². The van der Waals surface area contributed by atoms with Gasteiger partial charge in [-0.25, -0.2) is 0 Å². The Morgan fingerprint density at radius 1 is 0.618 bits per heavy atom. The number of benzene rings is 2. The summed E-state index contributed by atoms with van der Waals surface area (Å²) < 4.78 is 0. The number of hydrogen-bond acceptors (Lipinski definition) is 2. The molecule has 0 radical (unpaired) electrons. The fourth-order valence-electron chi connectivity index (χ4n) is 4.61. The van der Waals surface area contributed by atoms with Crippen molar-refractivity contribution in [3.8, 4) is 0 Å². The van der Waals surface area contributed by atoms with E-state index in [0.717, 1.165) is 0 Å². The van der Waals surface area contributed by atoms with Crippen LogP contribution in [0.15, 0.2) is 36.4 Å². The summed E-state index contributed by atoms with van der Waals surface area (Å²) in [5.41, 5.74) is 21.3. The summed E-state index contributed by atoms with van der Waals surface area (Å²) in [4.78, 5) is 0. The molecule has 0 aliphatic rings. The molecule has 6 heteroatoms. The molecule has 0 saturated carbocycles. The minimum absolute atomic E-state index is 0.104. The molecule has 0 bridgehead atoms. The van der Waals surface area contributed by atoms with Crippen LogP contribution in [0.1, 0.15) is 125 Å². The third-order valence-corrected chi connectivity index (χ3v) is 6.23. The Morgan fingerprint density at radius 3 is 1.06 bits per heavy atom. The Labute approximate surface area is 224 Å². The van der Waals surface area contributed by atoms with E-state index in [1.807, 2.05) is 0 Å². The second-order valence-corrected chi connectivity index (χ2v) is 13.8.